The fraction of sp³-hybridized carbons (Fsp3) is 0.900. The number of hydrogen-bond acceptors (Lipinski definition) is 7. The molecule has 0 heterocycles. The van der Waals surface area contributed by atoms with E-state index in [-0.39, 0.29) is 32.0 Å². The van der Waals surface area contributed by atoms with Crippen LogP contribution in [0, 0.1) is 0 Å². The average molecular weight is 733 g/mol. The van der Waals surface area contributed by atoms with Gasteiger partial charge in [0.1, 0.15) is 19.8 Å². The number of quaternary nitrogens is 1. The second kappa shape index (κ2) is 33.6. The molecule has 0 amide bonds. The molecule has 0 spiro atoms. The Labute approximate surface area is 307 Å². The van der Waals surface area contributed by atoms with Crippen molar-refractivity contribution in [2.45, 2.75) is 187 Å². The maximum Gasteiger partial charge on any atom is 0.472 e. The minimum absolute atomic E-state index is 0.0333. The fourth-order valence-corrected chi connectivity index (χ4v) is 6.27. The Morgan fingerprint density at radius 1 is 0.600 bits per heavy atom. The summed E-state index contributed by atoms with van der Waals surface area (Å²) in [5.74, 6) is -0.804. The van der Waals surface area contributed by atoms with Gasteiger partial charge in [-0.1, -0.05) is 148 Å². The highest BCUT2D eigenvalue weighted by atomic mass is 31.2. The summed E-state index contributed by atoms with van der Waals surface area (Å²) in [6.45, 7) is 4.38. The van der Waals surface area contributed by atoms with Gasteiger partial charge in [-0.2, -0.15) is 0 Å². The van der Waals surface area contributed by atoms with E-state index in [1.807, 2.05) is 21.1 Å². The van der Waals surface area contributed by atoms with Crippen molar-refractivity contribution in [1.82, 2.24) is 0 Å². The highest BCUT2D eigenvalue weighted by Crippen LogP contribution is 2.43. The Morgan fingerprint density at radius 2 is 1.04 bits per heavy atom. The normalized spacial score (nSPS) is 13.8. The molecule has 296 valence electrons. The van der Waals surface area contributed by atoms with Gasteiger partial charge in [-0.05, 0) is 32.1 Å². The number of rotatable bonds is 37. The van der Waals surface area contributed by atoms with Gasteiger partial charge in [0.15, 0.2) is 6.10 Å². The molecule has 50 heavy (non-hydrogen) atoms. The van der Waals surface area contributed by atoms with E-state index in [4.69, 9.17) is 18.5 Å². The number of nitrogens with zero attached hydrogens (tertiary/aromatic N) is 1. The predicted molar refractivity (Wildman–Crippen MR) is 206 cm³/mol. The molecule has 0 aliphatic carbocycles. The van der Waals surface area contributed by atoms with Gasteiger partial charge in [-0.3, -0.25) is 18.6 Å². The summed E-state index contributed by atoms with van der Waals surface area (Å²) in [7, 11) is 1.48. The molecule has 0 rings (SSSR count). The number of allylic oxidation sites excluding steroid dienone is 2. The van der Waals surface area contributed by atoms with E-state index >= 15 is 0 Å². The molecule has 9 nitrogen and oxygen atoms in total. The number of unbranched alkanes of at least 4 members (excludes halogenated alkanes) is 21. The van der Waals surface area contributed by atoms with Gasteiger partial charge in [-0.25, -0.2) is 4.57 Å². The molecule has 0 aliphatic heterocycles. The SMILES string of the molecule is CCCC/C=C\CCCCCCCC(=O)OC[C@H](COP(=O)(O)OCC[N+](C)(C)C)OC(=O)CCCCCCCCCCCCCCCCC. The third kappa shape index (κ3) is 36.5. The number of likely N-dealkylation sites (N-methyl/N-ethyl adjacent to an activating group) is 1. The minimum Gasteiger partial charge on any atom is -0.462 e. The molecule has 0 saturated carbocycles. The maximum atomic E-state index is 12.6. The highest BCUT2D eigenvalue weighted by Gasteiger charge is 2.27. The molecule has 0 aromatic heterocycles. The quantitative estimate of drug-likeness (QED) is 0.0221. The standard InChI is InChI=1S/C40H78NO8P/c1-6-8-10-12-14-16-18-19-20-21-23-25-27-29-31-33-40(43)49-38(37-48-50(44,45)47-35-34-41(3,4)5)36-46-39(42)32-30-28-26-24-22-17-15-13-11-9-7-2/h13,15,38H,6-12,14,16-37H2,1-5H3/p+1/b15-13-/t38-/m1/s1. The van der Waals surface area contributed by atoms with Crippen LogP contribution >= 0.6 is 7.82 Å². The van der Waals surface area contributed by atoms with Crippen molar-refractivity contribution in [2.24, 2.45) is 0 Å². The molecule has 1 unspecified atom stereocenters. The van der Waals surface area contributed by atoms with Gasteiger partial charge >= 0.3 is 19.8 Å². The first kappa shape index (κ1) is 48.8. The second-order valence-electron chi connectivity index (χ2n) is 15.0. The third-order valence-electron chi connectivity index (χ3n) is 8.80. The fourth-order valence-electron chi connectivity index (χ4n) is 5.52. The minimum atomic E-state index is -4.36. The van der Waals surface area contributed by atoms with Gasteiger partial charge in [0.25, 0.3) is 0 Å². The smallest absolute Gasteiger partial charge is 0.462 e. The van der Waals surface area contributed by atoms with Crippen LogP contribution in [0.3, 0.4) is 0 Å². The number of phosphoric ester groups is 1. The molecule has 0 saturated heterocycles. The lowest BCUT2D eigenvalue weighted by atomic mass is 10.0. The first-order chi connectivity index (χ1) is 24.0. The first-order valence-electron chi connectivity index (χ1n) is 20.4. The van der Waals surface area contributed by atoms with Crippen LogP contribution in [0.5, 0.6) is 0 Å². The zero-order valence-corrected chi connectivity index (χ0v) is 34.0. The number of carbonyl (C=O) groups excluding carboxylic acids is 2. The van der Waals surface area contributed by atoms with E-state index in [0.29, 0.717) is 17.4 Å². The predicted octanol–water partition coefficient (Wildman–Crippen LogP) is 11.0. The molecule has 0 aromatic carbocycles. The highest BCUT2D eigenvalue weighted by molar-refractivity contribution is 7.47. The first-order valence-corrected chi connectivity index (χ1v) is 21.9. The van der Waals surface area contributed by atoms with Crippen LogP contribution < -0.4 is 0 Å². The zero-order valence-electron chi connectivity index (χ0n) is 33.1. The van der Waals surface area contributed by atoms with Crippen LogP contribution in [0.2, 0.25) is 0 Å². The maximum absolute atomic E-state index is 12.6. The summed E-state index contributed by atoms with van der Waals surface area (Å²) in [6.07, 6.45) is 32.5. The second-order valence-corrected chi connectivity index (χ2v) is 16.5. The molecule has 0 bridgehead atoms. The monoisotopic (exact) mass is 733 g/mol. The van der Waals surface area contributed by atoms with Gasteiger partial charge < -0.3 is 18.9 Å². The summed E-state index contributed by atoms with van der Waals surface area (Å²) < 4.78 is 34.2. The van der Waals surface area contributed by atoms with E-state index in [1.165, 1.54) is 89.9 Å². The topological polar surface area (TPSA) is 108 Å². The van der Waals surface area contributed by atoms with Crippen LogP contribution in [-0.2, 0) is 32.7 Å². The van der Waals surface area contributed by atoms with Gasteiger partial charge in [0, 0.05) is 12.8 Å². The number of phosphoric acid groups is 1. The summed E-state index contributed by atoms with van der Waals surface area (Å²) in [6, 6.07) is 0. The number of hydrogen-bond donors (Lipinski definition) is 1. The van der Waals surface area contributed by atoms with Crippen LogP contribution in [0.4, 0.5) is 0 Å². The summed E-state index contributed by atoms with van der Waals surface area (Å²) in [4.78, 5) is 35.2. The largest absolute Gasteiger partial charge is 0.472 e. The Bertz CT molecular complexity index is 876. The van der Waals surface area contributed by atoms with Gasteiger partial charge in [-0.15, -0.1) is 0 Å². The van der Waals surface area contributed by atoms with Crippen molar-refractivity contribution < 1.29 is 42.1 Å². The number of esters is 2. The molecular weight excluding hydrogens is 653 g/mol. The lowest BCUT2D eigenvalue weighted by Gasteiger charge is -2.24. The summed E-state index contributed by atoms with van der Waals surface area (Å²) in [5.41, 5.74) is 0. The molecule has 10 heteroatoms. The Hall–Kier alpha value is -1.25. The molecule has 0 aliphatic rings. The molecule has 1 N–H and O–H groups in total. The van der Waals surface area contributed by atoms with E-state index in [0.717, 1.165) is 57.8 Å². The van der Waals surface area contributed by atoms with E-state index in [9.17, 15) is 19.0 Å². The molecule has 0 fully saturated rings. The lowest BCUT2D eigenvalue weighted by molar-refractivity contribution is -0.870. The van der Waals surface area contributed by atoms with Crippen molar-refractivity contribution in [2.75, 3.05) is 47.5 Å². The Balaban J connectivity index is 4.38. The zero-order chi connectivity index (χ0) is 37.2. The molecule has 2 atom stereocenters. The van der Waals surface area contributed by atoms with Crippen LogP contribution in [0.25, 0.3) is 0 Å². The van der Waals surface area contributed by atoms with Crippen molar-refractivity contribution in [1.29, 1.82) is 0 Å². The Morgan fingerprint density at radius 3 is 1.54 bits per heavy atom. The third-order valence-corrected chi connectivity index (χ3v) is 9.78. The van der Waals surface area contributed by atoms with Crippen molar-refractivity contribution in [3.63, 3.8) is 0 Å². The van der Waals surface area contributed by atoms with Crippen LogP contribution in [-0.4, -0.2) is 74.9 Å². The van der Waals surface area contributed by atoms with E-state index < -0.39 is 26.5 Å². The van der Waals surface area contributed by atoms with Crippen LogP contribution in [0.15, 0.2) is 12.2 Å². The van der Waals surface area contributed by atoms with Crippen LogP contribution in [0.1, 0.15) is 181 Å². The summed E-state index contributed by atoms with van der Waals surface area (Å²) >= 11 is 0. The Kier molecular flexibility index (Phi) is 32.7. The average Bonchev–Trinajstić information content (AvgIpc) is 3.06. The molecule has 0 aromatic rings. The molecule has 0 radical (unpaired) electrons. The number of carbonyl (C=O) groups is 2. The summed E-state index contributed by atoms with van der Waals surface area (Å²) in [5, 5.41) is 0. The van der Waals surface area contributed by atoms with Crippen molar-refractivity contribution >= 4 is 19.8 Å². The number of ether oxygens (including phenoxy) is 2. The van der Waals surface area contributed by atoms with E-state index in [2.05, 4.69) is 26.0 Å². The van der Waals surface area contributed by atoms with Gasteiger partial charge in [0.2, 0.25) is 0 Å². The van der Waals surface area contributed by atoms with Crippen molar-refractivity contribution in [3.05, 3.63) is 12.2 Å². The van der Waals surface area contributed by atoms with Crippen molar-refractivity contribution in [3.8, 4) is 0 Å². The van der Waals surface area contributed by atoms with E-state index in [1.54, 1.807) is 0 Å². The molecular formula is C40H79NO8P+. The lowest BCUT2D eigenvalue weighted by Crippen LogP contribution is -2.37. The van der Waals surface area contributed by atoms with Gasteiger partial charge in [0.05, 0.1) is 27.7 Å².